The van der Waals surface area contributed by atoms with Gasteiger partial charge in [-0.15, -0.1) is 0 Å². The van der Waals surface area contributed by atoms with Crippen LogP contribution in [0.3, 0.4) is 0 Å². The maximum Gasteiger partial charge on any atom is 0.240 e. The number of imidazole rings is 1. The highest BCUT2D eigenvalue weighted by Gasteiger charge is 2.20. The van der Waals surface area contributed by atoms with Gasteiger partial charge in [-0.05, 0) is 36.2 Å². The number of nitrogens with one attached hydrogen (secondary N) is 1. The standard InChI is InChI=1S/C23H26FN3O3S/c1-2-3-7-14-31(29,30)16-21(28)26-23-22(19-10-12-20(24)13-11-19)25-17-27(23)15-18-8-5-4-6-9-18/h4-6,8-13,17H,2-3,7,14-16H2,1H3,(H,26,28). The molecule has 0 aliphatic carbocycles. The number of carbonyl (C=O) groups is 1. The Hall–Kier alpha value is -3.00. The molecule has 2 aromatic carbocycles. The average Bonchev–Trinajstić information content (AvgIpc) is 3.11. The van der Waals surface area contributed by atoms with Gasteiger partial charge in [-0.2, -0.15) is 0 Å². The maximum absolute atomic E-state index is 13.4. The van der Waals surface area contributed by atoms with E-state index in [0.717, 1.165) is 18.4 Å². The molecule has 0 atom stereocenters. The molecule has 3 rings (SSSR count). The second kappa shape index (κ2) is 10.3. The van der Waals surface area contributed by atoms with Gasteiger partial charge < -0.3 is 9.88 Å². The van der Waals surface area contributed by atoms with E-state index in [1.165, 1.54) is 12.1 Å². The third-order valence-corrected chi connectivity index (χ3v) is 6.43. The summed E-state index contributed by atoms with van der Waals surface area (Å²) < 4.78 is 39.7. The van der Waals surface area contributed by atoms with Crippen LogP contribution in [-0.2, 0) is 21.2 Å². The normalized spacial score (nSPS) is 11.4. The number of halogens is 1. The molecule has 0 spiro atoms. The zero-order chi connectivity index (χ0) is 22.3. The molecule has 1 N–H and O–H groups in total. The van der Waals surface area contributed by atoms with Crippen LogP contribution in [0.4, 0.5) is 10.2 Å². The molecular weight excluding hydrogens is 417 g/mol. The van der Waals surface area contributed by atoms with Crippen LogP contribution in [0.5, 0.6) is 0 Å². The number of nitrogens with zero attached hydrogens (tertiary/aromatic N) is 2. The van der Waals surface area contributed by atoms with Crippen LogP contribution in [0.1, 0.15) is 31.7 Å². The first-order valence-corrected chi connectivity index (χ1v) is 12.1. The number of anilines is 1. The van der Waals surface area contributed by atoms with E-state index in [1.54, 1.807) is 23.0 Å². The van der Waals surface area contributed by atoms with Crippen molar-refractivity contribution in [2.45, 2.75) is 32.7 Å². The number of carbonyl (C=O) groups excluding carboxylic acids is 1. The van der Waals surface area contributed by atoms with Crippen molar-refractivity contribution in [2.24, 2.45) is 0 Å². The van der Waals surface area contributed by atoms with Crippen LogP contribution >= 0.6 is 0 Å². The Morgan fingerprint density at radius 3 is 2.45 bits per heavy atom. The van der Waals surface area contributed by atoms with Crippen molar-refractivity contribution in [3.8, 4) is 11.3 Å². The van der Waals surface area contributed by atoms with Gasteiger partial charge in [0.1, 0.15) is 23.1 Å². The molecule has 1 amide bonds. The molecule has 6 nitrogen and oxygen atoms in total. The summed E-state index contributed by atoms with van der Waals surface area (Å²) >= 11 is 0. The monoisotopic (exact) mass is 443 g/mol. The van der Waals surface area contributed by atoms with Crippen molar-refractivity contribution in [1.29, 1.82) is 0 Å². The highest BCUT2D eigenvalue weighted by atomic mass is 32.2. The zero-order valence-corrected chi connectivity index (χ0v) is 18.2. The lowest BCUT2D eigenvalue weighted by Crippen LogP contribution is -2.26. The minimum Gasteiger partial charge on any atom is -0.312 e. The summed E-state index contributed by atoms with van der Waals surface area (Å²) in [6.07, 6.45) is 3.83. The van der Waals surface area contributed by atoms with Gasteiger partial charge in [-0.1, -0.05) is 50.1 Å². The molecule has 0 aliphatic rings. The largest absolute Gasteiger partial charge is 0.312 e. The number of sulfone groups is 1. The van der Waals surface area contributed by atoms with Gasteiger partial charge in [-0.25, -0.2) is 17.8 Å². The lowest BCUT2D eigenvalue weighted by Gasteiger charge is -2.12. The van der Waals surface area contributed by atoms with E-state index in [9.17, 15) is 17.6 Å². The second-order valence-electron chi connectivity index (χ2n) is 7.41. The molecule has 0 radical (unpaired) electrons. The molecule has 0 bridgehead atoms. The van der Waals surface area contributed by atoms with Crippen molar-refractivity contribution < 1.29 is 17.6 Å². The molecule has 31 heavy (non-hydrogen) atoms. The number of hydrogen-bond acceptors (Lipinski definition) is 4. The predicted molar refractivity (Wildman–Crippen MR) is 120 cm³/mol. The summed E-state index contributed by atoms with van der Waals surface area (Å²) in [7, 11) is -3.50. The van der Waals surface area contributed by atoms with E-state index in [2.05, 4.69) is 10.3 Å². The van der Waals surface area contributed by atoms with Gasteiger partial charge >= 0.3 is 0 Å². The average molecular weight is 444 g/mol. The molecule has 0 aliphatic heterocycles. The van der Waals surface area contributed by atoms with E-state index in [0.29, 0.717) is 30.0 Å². The summed E-state index contributed by atoms with van der Waals surface area (Å²) in [5.74, 6) is -1.21. The summed E-state index contributed by atoms with van der Waals surface area (Å²) in [6.45, 7) is 2.43. The molecule has 1 aromatic heterocycles. The van der Waals surface area contributed by atoms with Crippen molar-refractivity contribution in [3.05, 3.63) is 72.3 Å². The van der Waals surface area contributed by atoms with E-state index in [1.807, 2.05) is 37.3 Å². The smallest absolute Gasteiger partial charge is 0.240 e. The Labute approximate surface area is 182 Å². The summed E-state index contributed by atoms with van der Waals surface area (Å²) in [5.41, 5.74) is 2.07. The highest BCUT2D eigenvalue weighted by Crippen LogP contribution is 2.28. The molecule has 0 unspecified atom stereocenters. The molecule has 0 fully saturated rings. The van der Waals surface area contributed by atoms with Crippen molar-refractivity contribution in [2.75, 3.05) is 16.8 Å². The molecule has 1 heterocycles. The first-order chi connectivity index (χ1) is 14.9. The fourth-order valence-electron chi connectivity index (χ4n) is 3.24. The lowest BCUT2D eigenvalue weighted by molar-refractivity contribution is -0.113. The van der Waals surface area contributed by atoms with Gasteiger partial charge in [0.25, 0.3) is 0 Å². The number of benzene rings is 2. The second-order valence-corrected chi connectivity index (χ2v) is 9.59. The highest BCUT2D eigenvalue weighted by molar-refractivity contribution is 7.92. The van der Waals surface area contributed by atoms with Crippen LogP contribution in [0.2, 0.25) is 0 Å². The molecule has 8 heteroatoms. The Balaban J connectivity index is 1.85. The molecule has 0 saturated heterocycles. The first-order valence-electron chi connectivity index (χ1n) is 10.2. The van der Waals surface area contributed by atoms with Crippen LogP contribution in [0, 0.1) is 5.82 Å². The van der Waals surface area contributed by atoms with Crippen LogP contribution < -0.4 is 5.32 Å². The molecule has 0 saturated carbocycles. The third-order valence-electron chi connectivity index (χ3n) is 4.82. The zero-order valence-electron chi connectivity index (χ0n) is 17.4. The number of rotatable bonds is 10. The van der Waals surface area contributed by atoms with Crippen LogP contribution in [0.15, 0.2) is 60.9 Å². The first kappa shape index (κ1) is 22.7. The van der Waals surface area contributed by atoms with Crippen molar-refractivity contribution >= 4 is 21.6 Å². The molecule has 164 valence electrons. The third kappa shape index (κ3) is 6.49. The summed E-state index contributed by atoms with van der Waals surface area (Å²) in [5, 5.41) is 2.73. The Bertz CT molecular complexity index is 1110. The fourth-order valence-corrected chi connectivity index (χ4v) is 4.50. The maximum atomic E-state index is 13.4. The predicted octanol–water partition coefficient (Wildman–Crippen LogP) is 4.28. The van der Waals surface area contributed by atoms with Crippen molar-refractivity contribution in [3.63, 3.8) is 0 Å². The van der Waals surface area contributed by atoms with E-state index in [4.69, 9.17) is 0 Å². The number of unbranched alkanes of at least 4 members (excludes halogenated alkanes) is 2. The minimum absolute atomic E-state index is 0.0116. The van der Waals surface area contributed by atoms with Gasteiger partial charge in [-0.3, -0.25) is 4.79 Å². The van der Waals surface area contributed by atoms with Crippen molar-refractivity contribution in [1.82, 2.24) is 9.55 Å². The SMILES string of the molecule is CCCCCS(=O)(=O)CC(=O)Nc1c(-c2ccc(F)cc2)ncn1Cc1ccccc1. The Morgan fingerprint density at radius 2 is 1.77 bits per heavy atom. The Kier molecular flexibility index (Phi) is 7.57. The number of aromatic nitrogens is 2. The van der Waals surface area contributed by atoms with E-state index >= 15 is 0 Å². The van der Waals surface area contributed by atoms with Crippen LogP contribution in [-0.4, -0.2) is 35.4 Å². The van der Waals surface area contributed by atoms with E-state index < -0.39 is 21.5 Å². The topological polar surface area (TPSA) is 81.1 Å². The molecule has 3 aromatic rings. The van der Waals surface area contributed by atoms with E-state index in [-0.39, 0.29) is 11.6 Å². The number of amides is 1. The minimum atomic E-state index is -3.50. The number of hydrogen-bond donors (Lipinski definition) is 1. The fraction of sp³-hybridized carbons (Fsp3) is 0.304. The van der Waals surface area contributed by atoms with Gasteiger partial charge in [0.05, 0.1) is 18.6 Å². The van der Waals surface area contributed by atoms with Gasteiger partial charge in [0.15, 0.2) is 9.84 Å². The summed E-state index contributed by atoms with van der Waals surface area (Å²) in [4.78, 5) is 17.0. The van der Waals surface area contributed by atoms with Gasteiger partial charge in [0, 0.05) is 5.56 Å². The summed E-state index contributed by atoms with van der Waals surface area (Å²) in [6, 6.07) is 15.4. The van der Waals surface area contributed by atoms with Gasteiger partial charge in [0.2, 0.25) is 5.91 Å². The molecular formula is C23H26FN3O3S. The lowest BCUT2D eigenvalue weighted by atomic mass is 10.1. The quantitative estimate of drug-likeness (QED) is 0.474. The Morgan fingerprint density at radius 1 is 1.06 bits per heavy atom. The van der Waals surface area contributed by atoms with Crippen LogP contribution in [0.25, 0.3) is 11.3 Å².